The third kappa shape index (κ3) is 10.0. The number of nitrogens with one attached hydrogen (secondary N) is 2. The molecule has 224 valence electrons. The summed E-state index contributed by atoms with van der Waals surface area (Å²) in [4.78, 5) is 30.9. The highest BCUT2D eigenvalue weighted by molar-refractivity contribution is 8.72. The number of likely N-dealkylation sites (N-methyl/N-ethyl adjacent to an activating group) is 1. The fraction of sp³-hybridized carbons (Fsp3) is 0.548. The zero-order valence-corrected chi connectivity index (χ0v) is 25.7. The van der Waals surface area contributed by atoms with Gasteiger partial charge in [0.2, 0.25) is 14.8 Å². The van der Waals surface area contributed by atoms with Crippen LogP contribution in [0.15, 0.2) is 60.7 Å². The average Bonchev–Trinajstić information content (AvgIpc) is 3.00. The zero-order chi connectivity index (χ0) is 29.1. The van der Waals surface area contributed by atoms with Gasteiger partial charge in [-0.25, -0.2) is 13.2 Å². The molecule has 10 heteroatoms. The van der Waals surface area contributed by atoms with Gasteiger partial charge in [0, 0.05) is 44.4 Å². The molecule has 4 rings (SSSR count). The van der Waals surface area contributed by atoms with Crippen LogP contribution in [0.25, 0.3) is 0 Å². The molecule has 1 aliphatic carbocycles. The van der Waals surface area contributed by atoms with E-state index in [-0.39, 0.29) is 29.0 Å². The van der Waals surface area contributed by atoms with Crippen molar-refractivity contribution in [2.45, 2.75) is 68.7 Å². The van der Waals surface area contributed by atoms with Crippen LogP contribution in [0.2, 0.25) is 0 Å². The van der Waals surface area contributed by atoms with Crippen LogP contribution in [0.5, 0.6) is 0 Å². The first-order valence-corrected chi connectivity index (χ1v) is 17.9. The Bertz CT molecular complexity index is 1200. The summed E-state index contributed by atoms with van der Waals surface area (Å²) in [6.45, 7) is 2.79. The Kier molecular flexibility index (Phi) is 11.9. The molecule has 0 unspecified atom stereocenters. The molecule has 0 spiro atoms. The number of aryl methyl sites for hydroxylation is 1. The van der Waals surface area contributed by atoms with Gasteiger partial charge in [-0.3, -0.25) is 4.79 Å². The smallest absolute Gasteiger partial charge is 0.318 e. The van der Waals surface area contributed by atoms with E-state index in [0.29, 0.717) is 45.2 Å². The van der Waals surface area contributed by atoms with Crippen LogP contribution in [0.4, 0.5) is 4.79 Å². The number of hydrogen-bond donors (Lipinski definition) is 2. The van der Waals surface area contributed by atoms with Crippen LogP contribution in [0.1, 0.15) is 49.7 Å². The van der Waals surface area contributed by atoms with Crippen molar-refractivity contribution in [2.24, 2.45) is 0 Å². The summed E-state index contributed by atoms with van der Waals surface area (Å²) >= 11 is 0. The van der Waals surface area contributed by atoms with Crippen LogP contribution >= 0.6 is 10.8 Å². The summed E-state index contributed by atoms with van der Waals surface area (Å²) in [5, 5.41) is 5.81. The predicted molar refractivity (Wildman–Crippen MR) is 166 cm³/mol. The van der Waals surface area contributed by atoms with E-state index in [0.717, 1.165) is 54.3 Å². The van der Waals surface area contributed by atoms with Gasteiger partial charge < -0.3 is 20.4 Å². The van der Waals surface area contributed by atoms with E-state index in [4.69, 9.17) is 0 Å². The number of hydrogen-bond acceptors (Lipinski definition) is 6. The number of benzene rings is 2. The molecule has 0 aromatic heterocycles. The summed E-state index contributed by atoms with van der Waals surface area (Å²) in [6, 6.07) is 18.3. The minimum Gasteiger partial charge on any atom is -0.351 e. The van der Waals surface area contributed by atoms with E-state index >= 15 is 0 Å². The van der Waals surface area contributed by atoms with Crippen LogP contribution in [-0.4, -0.2) is 86.5 Å². The van der Waals surface area contributed by atoms with Gasteiger partial charge in [-0.1, -0.05) is 79.9 Å². The summed E-state index contributed by atoms with van der Waals surface area (Å²) in [6.07, 6.45) is 6.10. The summed E-state index contributed by atoms with van der Waals surface area (Å²) in [7, 11) is -0.308. The SMILES string of the molecule is CN1CCN(C(=O)N[C@@H](Cc2ccccc2)C(=O)N[C@@H](CCc2ccccc2)CSS(=O)(=O)C2CCCCC2)CC1. The number of amides is 3. The van der Waals surface area contributed by atoms with E-state index < -0.39 is 14.9 Å². The van der Waals surface area contributed by atoms with Gasteiger partial charge in [0.15, 0.2) is 0 Å². The largest absolute Gasteiger partial charge is 0.351 e. The Hall–Kier alpha value is -2.56. The maximum Gasteiger partial charge on any atom is 0.318 e. The Labute approximate surface area is 249 Å². The molecule has 0 radical (unpaired) electrons. The fourth-order valence-electron chi connectivity index (χ4n) is 5.42. The average molecular weight is 601 g/mol. The number of urea groups is 1. The van der Waals surface area contributed by atoms with Crippen molar-refractivity contribution in [3.63, 3.8) is 0 Å². The molecule has 2 fully saturated rings. The molecule has 1 heterocycles. The molecule has 1 aliphatic heterocycles. The lowest BCUT2D eigenvalue weighted by molar-refractivity contribution is -0.123. The maximum absolute atomic E-state index is 13.8. The van der Waals surface area contributed by atoms with E-state index in [1.54, 1.807) is 4.90 Å². The van der Waals surface area contributed by atoms with Gasteiger partial charge in [-0.05, 0) is 54.7 Å². The standard InChI is InChI=1S/C31H44N4O4S2/c1-34-19-21-35(22-20-34)31(37)33-29(23-26-13-7-3-8-14-26)30(36)32-27(18-17-25-11-5-2-6-12-25)24-40-41(38,39)28-15-9-4-10-16-28/h2-3,5-8,11-14,27-29H,4,9-10,15-24H2,1H3,(H,32,36)(H,33,37)/t27-,29-/m0/s1. The van der Waals surface area contributed by atoms with Crippen molar-refractivity contribution in [3.05, 3.63) is 71.8 Å². The topological polar surface area (TPSA) is 98.8 Å². The predicted octanol–water partition coefficient (Wildman–Crippen LogP) is 4.07. The van der Waals surface area contributed by atoms with E-state index in [1.165, 1.54) is 0 Å². The second-order valence-corrected chi connectivity index (χ2v) is 15.6. The van der Waals surface area contributed by atoms with Crippen molar-refractivity contribution >= 4 is 31.6 Å². The molecule has 8 nitrogen and oxygen atoms in total. The molecule has 2 aliphatic rings. The fourth-order valence-corrected chi connectivity index (χ4v) is 9.34. The summed E-state index contributed by atoms with van der Waals surface area (Å²) in [5.41, 5.74) is 2.08. The van der Waals surface area contributed by atoms with Gasteiger partial charge in [-0.15, -0.1) is 0 Å². The highest BCUT2D eigenvalue weighted by Gasteiger charge is 2.31. The molecule has 1 saturated heterocycles. The minimum atomic E-state index is -3.32. The second-order valence-electron chi connectivity index (χ2n) is 11.2. The molecular weight excluding hydrogens is 556 g/mol. The van der Waals surface area contributed by atoms with Crippen molar-refractivity contribution < 1.29 is 18.0 Å². The summed E-state index contributed by atoms with van der Waals surface area (Å²) < 4.78 is 26.3. The van der Waals surface area contributed by atoms with E-state index in [2.05, 4.69) is 15.5 Å². The molecule has 2 N–H and O–H groups in total. The third-order valence-electron chi connectivity index (χ3n) is 8.05. The lowest BCUT2D eigenvalue weighted by atomic mass is 10.0. The first-order valence-electron chi connectivity index (χ1n) is 14.8. The van der Waals surface area contributed by atoms with Gasteiger partial charge in [0.05, 0.1) is 5.25 Å². The van der Waals surface area contributed by atoms with E-state index in [9.17, 15) is 18.0 Å². The van der Waals surface area contributed by atoms with Crippen molar-refractivity contribution in [2.75, 3.05) is 39.0 Å². The molecule has 3 amide bonds. The van der Waals surface area contributed by atoms with Gasteiger partial charge in [-0.2, -0.15) is 0 Å². The van der Waals surface area contributed by atoms with Crippen LogP contribution in [-0.2, 0) is 26.5 Å². The van der Waals surface area contributed by atoms with Gasteiger partial charge in [0.25, 0.3) is 0 Å². The number of carbonyl (C=O) groups is 2. The quantitative estimate of drug-likeness (QED) is 0.357. The van der Waals surface area contributed by atoms with Crippen LogP contribution in [0.3, 0.4) is 0 Å². The maximum atomic E-state index is 13.8. The Balaban J connectivity index is 1.46. The van der Waals surface area contributed by atoms with Crippen molar-refractivity contribution in [3.8, 4) is 0 Å². The first kappa shape index (κ1) is 31.4. The Morgan fingerprint density at radius 2 is 1.49 bits per heavy atom. The molecule has 0 bridgehead atoms. The first-order chi connectivity index (χ1) is 19.8. The number of piperazine rings is 1. The number of rotatable bonds is 12. The lowest BCUT2D eigenvalue weighted by Gasteiger charge is -2.33. The van der Waals surface area contributed by atoms with Crippen molar-refractivity contribution in [1.29, 1.82) is 0 Å². The molecular formula is C31H44N4O4S2. The zero-order valence-electron chi connectivity index (χ0n) is 24.0. The Morgan fingerprint density at radius 1 is 0.878 bits per heavy atom. The molecule has 2 atom stereocenters. The van der Waals surface area contributed by atoms with Crippen LogP contribution in [0, 0.1) is 0 Å². The van der Waals surface area contributed by atoms with Crippen molar-refractivity contribution in [1.82, 2.24) is 20.4 Å². The monoisotopic (exact) mass is 600 g/mol. The lowest BCUT2D eigenvalue weighted by Crippen LogP contribution is -2.57. The summed E-state index contributed by atoms with van der Waals surface area (Å²) in [5.74, 6) is -0.00735. The molecule has 41 heavy (non-hydrogen) atoms. The van der Waals surface area contributed by atoms with Crippen LogP contribution < -0.4 is 10.6 Å². The molecule has 1 saturated carbocycles. The number of carbonyl (C=O) groups excluding carboxylic acids is 2. The Morgan fingerprint density at radius 3 is 2.12 bits per heavy atom. The van der Waals surface area contributed by atoms with Gasteiger partial charge in [0.1, 0.15) is 6.04 Å². The third-order valence-corrected chi connectivity index (χ3v) is 12.4. The van der Waals surface area contributed by atoms with E-state index in [1.807, 2.05) is 67.7 Å². The highest BCUT2D eigenvalue weighted by Crippen LogP contribution is 2.31. The normalized spacial score (nSPS) is 18.4. The number of nitrogens with zero attached hydrogens (tertiary/aromatic N) is 2. The molecule has 2 aromatic rings. The second kappa shape index (κ2) is 15.6. The highest BCUT2D eigenvalue weighted by atomic mass is 33.1. The minimum absolute atomic E-state index is 0.246. The molecule has 2 aromatic carbocycles. The van der Waals surface area contributed by atoms with Gasteiger partial charge >= 0.3 is 6.03 Å².